The van der Waals surface area contributed by atoms with E-state index in [1.165, 1.54) is 28.8 Å². The molecule has 7 heteroatoms. The smallest absolute Gasteiger partial charge is 0.260 e. The van der Waals surface area contributed by atoms with E-state index in [9.17, 15) is 14.0 Å². The second kappa shape index (κ2) is 10.0. The minimum Gasteiger partial charge on any atom is -0.331 e. The van der Waals surface area contributed by atoms with Gasteiger partial charge in [-0.25, -0.2) is 4.39 Å². The van der Waals surface area contributed by atoms with Gasteiger partial charge in [0.2, 0.25) is 0 Å². The molecular weight excluding hydrogens is 471 g/mol. The van der Waals surface area contributed by atoms with Gasteiger partial charge in [0.1, 0.15) is 11.4 Å². The monoisotopic (exact) mass is 494 g/mol. The van der Waals surface area contributed by atoms with E-state index in [1.807, 2.05) is 23.6 Å². The standard InChI is InChI=1S/C27H24ClFN2O2S/c1-4-12-30(13-5-2)27(33)26-22-16-24(19-8-6-7-9-20(19)29)34-25-15-18(28)10-11-21(25)31(22)17(3)14-23(26)32/h4-11,14-15,24H,1-2,12-13,16H2,3H3. The number of pyridine rings is 1. The van der Waals surface area contributed by atoms with E-state index in [-0.39, 0.29) is 41.6 Å². The van der Waals surface area contributed by atoms with Gasteiger partial charge in [-0.2, -0.15) is 0 Å². The predicted molar refractivity (Wildman–Crippen MR) is 137 cm³/mol. The molecule has 1 unspecified atom stereocenters. The summed E-state index contributed by atoms with van der Waals surface area (Å²) in [7, 11) is 0. The Morgan fingerprint density at radius 3 is 2.59 bits per heavy atom. The second-order valence-corrected chi connectivity index (χ2v) is 9.72. The molecule has 0 saturated heterocycles. The average Bonchev–Trinajstić information content (AvgIpc) is 2.95. The van der Waals surface area contributed by atoms with Gasteiger partial charge in [-0.1, -0.05) is 42.0 Å². The van der Waals surface area contributed by atoms with Crippen molar-refractivity contribution in [3.8, 4) is 5.69 Å². The third-order valence-corrected chi connectivity index (χ3v) is 7.28. The molecule has 1 aliphatic rings. The Kier molecular flexibility index (Phi) is 7.10. The SMILES string of the molecule is C=CCN(CC=C)C(=O)c1c2n(c(C)cc1=O)-c1ccc(Cl)cc1SC(c1ccccc1F)C2. The van der Waals surface area contributed by atoms with Gasteiger partial charge >= 0.3 is 0 Å². The Morgan fingerprint density at radius 2 is 1.91 bits per heavy atom. The van der Waals surface area contributed by atoms with Crippen molar-refractivity contribution < 1.29 is 9.18 Å². The van der Waals surface area contributed by atoms with Crippen LogP contribution < -0.4 is 5.43 Å². The molecule has 4 rings (SSSR count). The number of halogens is 2. The number of hydrogen-bond donors (Lipinski definition) is 0. The number of benzene rings is 2. The van der Waals surface area contributed by atoms with E-state index >= 15 is 0 Å². The van der Waals surface area contributed by atoms with Crippen molar-refractivity contribution in [2.75, 3.05) is 13.1 Å². The normalized spacial score (nSPS) is 14.5. The van der Waals surface area contributed by atoms with E-state index in [1.54, 1.807) is 36.4 Å². The molecule has 174 valence electrons. The lowest BCUT2D eigenvalue weighted by Gasteiger charge is -2.24. The maximum absolute atomic E-state index is 14.9. The van der Waals surface area contributed by atoms with Gasteiger partial charge in [0.25, 0.3) is 5.91 Å². The molecule has 34 heavy (non-hydrogen) atoms. The third-order valence-electron chi connectivity index (χ3n) is 5.76. The first kappa shape index (κ1) is 24.0. The van der Waals surface area contributed by atoms with E-state index in [0.717, 1.165) is 10.6 Å². The molecule has 2 aromatic carbocycles. The molecule has 0 saturated carbocycles. The zero-order valence-electron chi connectivity index (χ0n) is 18.8. The molecule has 0 fully saturated rings. The third kappa shape index (κ3) is 4.48. The molecule has 1 atom stereocenters. The number of thioether (sulfide) groups is 1. The van der Waals surface area contributed by atoms with Crippen LogP contribution in [-0.2, 0) is 6.42 Å². The van der Waals surface area contributed by atoms with E-state index in [4.69, 9.17) is 11.6 Å². The molecule has 0 bridgehead atoms. The molecule has 0 aliphatic carbocycles. The lowest BCUT2D eigenvalue weighted by molar-refractivity contribution is 0.0787. The van der Waals surface area contributed by atoms with Crippen molar-refractivity contribution in [3.05, 3.63) is 117 Å². The number of aryl methyl sites for hydroxylation is 1. The highest BCUT2D eigenvalue weighted by Crippen LogP contribution is 2.45. The number of aromatic nitrogens is 1. The Labute approximate surface area is 207 Å². The van der Waals surface area contributed by atoms with Gasteiger partial charge in [-0.3, -0.25) is 9.59 Å². The average molecular weight is 495 g/mol. The topological polar surface area (TPSA) is 42.3 Å². The number of nitrogens with zero attached hydrogens (tertiary/aromatic N) is 2. The highest BCUT2D eigenvalue weighted by Gasteiger charge is 2.31. The van der Waals surface area contributed by atoms with Crippen molar-refractivity contribution in [1.29, 1.82) is 0 Å². The molecule has 1 amide bonds. The summed E-state index contributed by atoms with van der Waals surface area (Å²) < 4.78 is 16.8. The van der Waals surface area contributed by atoms with Crippen molar-refractivity contribution in [2.24, 2.45) is 0 Å². The summed E-state index contributed by atoms with van der Waals surface area (Å²) in [5, 5.41) is 0.187. The maximum atomic E-state index is 14.9. The van der Waals surface area contributed by atoms with Crippen LogP contribution in [0.1, 0.15) is 32.6 Å². The fraction of sp³-hybridized carbons (Fsp3) is 0.185. The minimum absolute atomic E-state index is 0.0824. The van der Waals surface area contributed by atoms with Crippen molar-refractivity contribution in [1.82, 2.24) is 9.47 Å². The summed E-state index contributed by atoms with van der Waals surface area (Å²) in [6.45, 7) is 9.83. The van der Waals surface area contributed by atoms with Crippen LogP contribution in [0.2, 0.25) is 5.02 Å². The van der Waals surface area contributed by atoms with Gasteiger partial charge in [0, 0.05) is 57.7 Å². The molecule has 1 aliphatic heterocycles. The maximum Gasteiger partial charge on any atom is 0.260 e. The quantitative estimate of drug-likeness (QED) is 0.386. The van der Waals surface area contributed by atoms with Gasteiger partial charge < -0.3 is 9.47 Å². The van der Waals surface area contributed by atoms with Gasteiger partial charge in [-0.15, -0.1) is 24.9 Å². The summed E-state index contributed by atoms with van der Waals surface area (Å²) in [4.78, 5) is 29.2. The van der Waals surface area contributed by atoms with Crippen LogP contribution in [0, 0.1) is 12.7 Å². The summed E-state index contributed by atoms with van der Waals surface area (Å²) in [6, 6.07) is 13.5. The summed E-state index contributed by atoms with van der Waals surface area (Å²) in [5.74, 6) is -0.733. The van der Waals surface area contributed by atoms with Crippen LogP contribution in [0.5, 0.6) is 0 Å². The van der Waals surface area contributed by atoms with E-state index in [2.05, 4.69) is 13.2 Å². The number of carbonyl (C=O) groups excluding carboxylic acids is 1. The zero-order chi connectivity index (χ0) is 24.4. The highest BCUT2D eigenvalue weighted by molar-refractivity contribution is 7.99. The number of hydrogen-bond acceptors (Lipinski definition) is 3. The van der Waals surface area contributed by atoms with Gasteiger partial charge in [0.05, 0.1) is 5.69 Å². The first-order chi connectivity index (χ1) is 16.3. The fourth-order valence-corrected chi connectivity index (χ4v) is 5.89. The minimum atomic E-state index is -0.400. The summed E-state index contributed by atoms with van der Waals surface area (Å²) in [6.07, 6.45) is 3.51. The number of amides is 1. The molecule has 0 spiro atoms. The highest BCUT2D eigenvalue weighted by atomic mass is 35.5. The van der Waals surface area contributed by atoms with E-state index < -0.39 is 5.91 Å². The first-order valence-corrected chi connectivity index (χ1v) is 12.1. The van der Waals surface area contributed by atoms with Crippen LogP contribution in [0.25, 0.3) is 5.69 Å². The first-order valence-electron chi connectivity index (χ1n) is 10.8. The molecule has 3 aromatic rings. The van der Waals surface area contributed by atoms with Gasteiger partial charge in [0.15, 0.2) is 5.43 Å². The summed E-state index contributed by atoms with van der Waals surface area (Å²) >= 11 is 7.79. The van der Waals surface area contributed by atoms with Crippen LogP contribution in [-0.4, -0.2) is 28.5 Å². The Hall–Kier alpha value is -3.09. The Balaban J connectivity index is 2.01. The predicted octanol–water partition coefficient (Wildman–Crippen LogP) is 6.14. The number of fused-ring (bicyclic) bond motifs is 3. The van der Waals surface area contributed by atoms with Crippen LogP contribution in [0.3, 0.4) is 0 Å². The molecule has 4 nitrogen and oxygen atoms in total. The molecule has 0 N–H and O–H groups in total. The number of rotatable bonds is 6. The van der Waals surface area contributed by atoms with Crippen LogP contribution in [0.4, 0.5) is 4.39 Å². The molecular formula is C27H24ClFN2O2S. The number of carbonyl (C=O) groups is 1. The largest absolute Gasteiger partial charge is 0.331 e. The lowest BCUT2D eigenvalue weighted by Crippen LogP contribution is -2.37. The van der Waals surface area contributed by atoms with Gasteiger partial charge in [-0.05, 0) is 31.2 Å². The summed E-state index contributed by atoms with van der Waals surface area (Å²) in [5.41, 5.74) is 2.27. The molecule has 1 aromatic heterocycles. The lowest BCUT2D eigenvalue weighted by atomic mass is 10.0. The van der Waals surface area contributed by atoms with Crippen molar-refractivity contribution in [2.45, 2.75) is 23.5 Å². The van der Waals surface area contributed by atoms with Crippen LogP contribution >= 0.6 is 23.4 Å². The Bertz CT molecular complexity index is 1340. The van der Waals surface area contributed by atoms with E-state index in [0.29, 0.717) is 22.0 Å². The van der Waals surface area contributed by atoms with Crippen LogP contribution in [0.15, 0.2) is 83.5 Å². The fourth-order valence-electron chi connectivity index (χ4n) is 4.31. The van der Waals surface area contributed by atoms with Crippen molar-refractivity contribution in [3.63, 3.8) is 0 Å². The zero-order valence-corrected chi connectivity index (χ0v) is 20.3. The Morgan fingerprint density at radius 1 is 1.21 bits per heavy atom. The molecule has 0 radical (unpaired) electrons. The van der Waals surface area contributed by atoms with Crippen molar-refractivity contribution >= 4 is 29.3 Å². The second-order valence-electron chi connectivity index (χ2n) is 8.04. The molecule has 2 heterocycles.